The van der Waals surface area contributed by atoms with Gasteiger partial charge in [-0.05, 0) is 47.5 Å². The van der Waals surface area contributed by atoms with E-state index in [-0.39, 0.29) is 0 Å². The Labute approximate surface area is 252 Å². The number of hydrogen-bond donors (Lipinski definition) is 2. The van der Waals surface area contributed by atoms with Crippen LogP contribution in [-0.4, -0.2) is 71.7 Å². The topological polar surface area (TPSA) is 87.8 Å². The van der Waals surface area contributed by atoms with E-state index in [0.717, 1.165) is 67.0 Å². The van der Waals surface area contributed by atoms with E-state index in [1.807, 2.05) is 54.7 Å². The lowest BCUT2D eigenvalue weighted by atomic mass is 10.1. The standard InChI is InChI=1S/C34H38N6O3/c1-4-39-16-18-40(19-17-39)22-24-10-13-27(14-11-24)36-34-37-32-31(33(38-34)42-3)28(21-35-32)26-12-15-29(30(20-26)41-2)43-23-25-8-6-5-7-9-25/h5-15,20-21H,4,16-19,22-23H2,1-3H3,(H2,35,36,37,38). The molecule has 0 amide bonds. The Kier molecular flexibility index (Phi) is 8.72. The van der Waals surface area contributed by atoms with E-state index in [4.69, 9.17) is 24.2 Å². The number of aromatic nitrogens is 3. The maximum atomic E-state index is 6.05. The van der Waals surface area contributed by atoms with Crippen LogP contribution in [0.4, 0.5) is 11.6 Å². The van der Waals surface area contributed by atoms with E-state index in [1.165, 1.54) is 5.56 Å². The third-order valence-corrected chi connectivity index (χ3v) is 7.93. The van der Waals surface area contributed by atoms with Crippen molar-refractivity contribution in [2.75, 3.05) is 52.3 Å². The molecule has 0 atom stereocenters. The first-order valence-electron chi connectivity index (χ1n) is 14.7. The average molecular weight is 579 g/mol. The molecule has 2 N–H and O–H groups in total. The van der Waals surface area contributed by atoms with E-state index in [0.29, 0.717) is 35.6 Å². The van der Waals surface area contributed by atoms with Crippen molar-refractivity contribution >= 4 is 22.7 Å². The number of H-pyrrole nitrogens is 1. The molecule has 0 saturated carbocycles. The number of rotatable bonds is 11. The Hall–Kier alpha value is -4.60. The second-order valence-electron chi connectivity index (χ2n) is 10.7. The van der Waals surface area contributed by atoms with Crippen LogP contribution >= 0.6 is 0 Å². The van der Waals surface area contributed by atoms with Crippen LogP contribution in [0.1, 0.15) is 18.1 Å². The predicted molar refractivity (Wildman–Crippen MR) is 170 cm³/mol. The second-order valence-corrected chi connectivity index (χ2v) is 10.7. The van der Waals surface area contributed by atoms with Gasteiger partial charge in [0.1, 0.15) is 12.3 Å². The molecule has 1 saturated heterocycles. The summed E-state index contributed by atoms with van der Waals surface area (Å²) >= 11 is 0. The highest BCUT2D eigenvalue weighted by molar-refractivity contribution is 5.98. The molecule has 5 aromatic rings. The zero-order chi connectivity index (χ0) is 29.6. The molecule has 1 aliphatic rings. The quantitative estimate of drug-likeness (QED) is 0.194. The Balaban J connectivity index is 1.17. The van der Waals surface area contributed by atoms with Crippen LogP contribution in [0.3, 0.4) is 0 Å². The number of fused-ring (bicyclic) bond motifs is 1. The van der Waals surface area contributed by atoms with Crippen LogP contribution < -0.4 is 19.5 Å². The summed E-state index contributed by atoms with van der Waals surface area (Å²) in [6.45, 7) is 9.28. The van der Waals surface area contributed by atoms with Crippen LogP contribution in [0.15, 0.2) is 79.0 Å². The number of aromatic amines is 1. The number of nitrogens with one attached hydrogen (secondary N) is 2. The number of methoxy groups -OCH3 is 2. The van der Waals surface area contributed by atoms with E-state index < -0.39 is 0 Å². The molecule has 0 radical (unpaired) electrons. The maximum absolute atomic E-state index is 6.05. The lowest BCUT2D eigenvalue weighted by Gasteiger charge is -2.34. The minimum atomic E-state index is 0.458. The first-order valence-corrected chi connectivity index (χ1v) is 14.7. The van der Waals surface area contributed by atoms with Crippen LogP contribution in [-0.2, 0) is 13.2 Å². The summed E-state index contributed by atoms with van der Waals surface area (Å²) in [6.07, 6.45) is 1.92. The SMILES string of the molecule is CCN1CCN(Cc2ccc(Nc3nc(OC)c4c(-c5ccc(OCc6ccccc6)c(OC)c5)c[nH]c4n3)cc2)CC1. The van der Waals surface area contributed by atoms with E-state index in [2.05, 4.69) is 51.3 Å². The molecule has 0 aliphatic carbocycles. The molecule has 9 heteroatoms. The van der Waals surface area contributed by atoms with E-state index in [9.17, 15) is 0 Å². The van der Waals surface area contributed by atoms with Gasteiger partial charge in [0.15, 0.2) is 11.5 Å². The summed E-state index contributed by atoms with van der Waals surface area (Å²) in [5.74, 6) is 2.26. The third-order valence-electron chi connectivity index (χ3n) is 7.93. The summed E-state index contributed by atoms with van der Waals surface area (Å²) in [4.78, 5) is 17.8. The van der Waals surface area contributed by atoms with Crippen molar-refractivity contribution in [3.05, 3.63) is 90.1 Å². The Bertz CT molecular complexity index is 1650. The van der Waals surface area contributed by atoms with Gasteiger partial charge in [-0.2, -0.15) is 9.97 Å². The molecule has 0 unspecified atom stereocenters. The monoisotopic (exact) mass is 578 g/mol. The van der Waals surface area contributed by atoms with Crippen molar-refractivity contribution < 1.29 is 14.2 Å². The van der Waals surface area contributed by atoms with Gasteiger partial charge in [0.2, 0.25) is 11.8 Å². The first kappa shape index (κ1) is 28.5. The van der Waals surface area contributed by atoms with Crippen molar-refractivity contribution in [3.8, 4) is 28.5 Å². The number of hydrogen-bond acceptors (Lipinski definition) is 8. The van der Waals surface area contributed by atoms with Gasteiger partial charge in [-0.1, -0.05) is 55.5 Å². The zero-order valence-electron chi connectivity index (χ0n) is 25.0. The number of benzene rings is 3. The normalized spacial score (nSPS) is 14.1. The minimum absolute atomic E-state index is 0.458. The number of piperazine rings is 1. The average Bonchev–Trinajstić information content (AvgIpc) is 3.49. The molecule has 43 heavy (non-hydrogen) atoms. The van der Waals surface area contributed by atoms with Crippen LogP contribution in [0.2, 0.25) is 0 Å². The van der Waals surface area contributed by atoms with Gasteiger partial charge >= 0.3 is 0 Å². The highest BCUT2D eigenvalue weighted by Crippen LogP contribution is 2.38. The van der Waals surface area contributed by atoms with Gasteiger partial charge in [-0.15, -0.1) is 0 Å². The van der Waals surface area contributed by atoms with Crippen molar-refractivity contribution in [2.45, 2.75) is 20.1 Å². The highest BCUT2D eigenvalue weighted by atomic mass is 16.5. The van der Waals surface area contributed by atoms with Gasteiger partial charge in [0.05, 0.1) is 19.6 Å². The van der Waals surface area contributed by atoms with Crippen molar-refractivity contribution in [3.63, 3.8) is 0 Å². The van der Waals surface area contributed by atoms with Gasteiger partial charge in [0, 0.05) is 50.2 Å². The minimum Gasteiger partial charge on any atom is -0.493 e. The Morgan fingerprint density at radius 1 is 0.814 bits per heavy atom. The molecule has 1 fully saturated rings. The Morgan fingerprint density at radius 2 is 1.58 bits per heavy atom. The number of nitrogens with zero attached hydrogens (tertiary/aromatic N) is 4. The fourth-order valence-corrected chi connectivity index (χ4v) is 5.47. The molecular weight excluding hydrogens is 540 g/mol. The molecule has 222 valence electrons. The van der Waals surface area contributed by atoms with Gasteiger partial charge in [-0.25, -0.2) is 0 Å². The third kappa shape index (κ3) is 6.58. The summed E-state index contributed by atoms with van der Waals surface area (Å²) in [5, 5.41) is 4.14. The van der Waals surface area contributed by atoms with E-state index >= 15 is 0 Å². The molecule has 9 nitrogen and oxygen atoms in total. The zero-order valence-corrected chi connectivity index (χ0v) is 25.0. The van der Waals surface area contributed by atoms with Crippen LogP contribution in [0.25, 0.3) is 22.2 Å². The molecule has 1 aliphatic heterocycles. The van der Waals surface area contributed by atoms with Crippen molar-refractivity contribution in [2.24, 2.45) is 0 Å². The first-order chi connectivity index (χ1) is 21.1. The molecule has 3 aromatic carbocycles. The number of likely N-dealkylation sites (N-methyl/N-ethyl adjacent to an activating group) is 1. The Morgan fingerprint density at radius 3 is 2.30 bits per heavy atom. The fourth-order valence-electron chi connectivity index (χ4n) is 5.47. The van der Waals surface area contributed by atoms with Crippen molar-refractivity contribution in [1.29, 1.82) is 0 Å². The second kappa shape index (κ2) is 13.1. The summed E-state index contributed by atoms with van der Waals surface area (Å²) in [5.41, 5.74) is 5.83. The molecule has 0 spiro atoms. The maximum Gasteiger partial charge on any atom is 0.232 e. The number of ether oxygens (including phenoxy) is 3. The fraction of sp³-hybridized carbons (Fsp3) is 0.294. The molecular formula is C34H38N6O3. The molecule has 0 bridgehead atoms. The van der Waals surface area contributed by atoms with Crippen LogP contribution in [0.5, 0.6) is 17.4 Å². The lowest BCUT2D eigenvalue weighted by Crippen LogP contribution is -2.45. The van der Waals surface area contributed by atoms with Gasteiger partial charge in [-0.3, -0.25) is 4.90 Å². The van der Waals surface area contributed by atoms with Gasteiger partial charge < -0.3 is 29.4 Å². The summed E-state index contributed by atoms with van der Waals surface area (Å²) in [6, 6.07) is 24.4. The van der Waals surface area contributed by atoms with E-state index in [1.54, 1.807) is 14.2 Å². The highest BCUT2D eigenvalue weighted by Gasteiger charge is 2.18. The molecule has 3 heterocycles. The smallest absolute Gasteiger partial charge is 0.232 e. The lowest BCUT2D eigenvalue weighted by molar-refractivity contribution is 0.132. The largest absolute Gasteiger partial charge is 0.493 e. The number of anilines is 2. The predicted octanol–water partition coefficient (Wildman–Crippen LogP) is 6.10. The van der Waals surface area contributed by atoms with Gasteiger partial charge in [0.25, 0.3) is 0 Å². The summed E-state index contributed by atoms with van der Waals surface area (Å²) < 4.78 is 17.5. The van der Waals surface area contributed by atoms with Crippen molar-refractivity contribution in [1.82, 2.24) is 24.8 Å². The van der Waals surface area contributed by atoms with Crippen LogP contribution in [0, 0.1) is 0 Å². The summed E-state index contributed by atoms with van der Waals surface area (Å²) in [7, 11) is 3.27. The molecule has 6 rings (SSSR count). The molecule has 2 aromatic heterocycles.